The van der Waals surface area contributed by atoms with Gasteiger partial charge in [-0.25, -0.2) is 13.1 Å². The maximum Gasteiger partial charge on any atom is 0.252 e. The number of sulfonamides is 1. The van der Waals surface area contributed by atoms with E-state index in [-0.39, 0.29) is 6.04 Å². The Kier molecular flexibility index (Phi) is 3.35. The molecule has 2 fully saturated rings. The molecule has 2 aliphatic rings. The van der Waals surface area contributed by atoms with E-state index in [0.29, 0.717) is 23.2 Å². The second-order valence-corrected chi connectivity index (χ2v) is 9.52. The summed E-state index contributed by atoms with van der Waals surface area (Å²) in [5.74, 6) is 0.573. The molecule has 0 spiro atoms. The monoisotopic (exact) mass is 338 g/mol. The van der Waals surface area contributed by atoms with Gasteiger partial charge in [-0.05, 0) is 38.3 Å². The summed E-state index contributed by atoms with van der Waals surface area (Å²) >= 11 is 1.33. The van der Waals surface area contributed by atoms with Gasteiger partial charge in [0.1, 0.15) is 4.21 Å². The zero-order chi connectivity index (χ0) is 15.3. The van der Waals surface area contributed by atoms with Crippen molar-refractivity contribution in [2.45, 2.75) is 42.4 Å². The highest BCUT2D eigenvalue weighted by molar-refractivity contribution is 7.91. The molecule has 2 aromatic rings. The Bertz CT molecular complexity index is 791. The fraction of sp³-hybridized carbons (Fsp3) is 0.571. The third-order valence-electron chi connectivity index (χ3n) is 4.33. The van der Waals surface area contributed by atoms with Gasteiger partial charge in [0.2, 0.25) is 0 Å². The average molecular weight is 338 g/mol. The second kappa shape index (κ2) is 5.14. The molecule has 1 unspecified atom stereocenters. The molecule has 1 atom stereocenters. The number of rotatable bonds is 4. The van der Waals surface area contributed by atoms with Crippen LogP contribution in [0.15, 0.2) is 22.5 Å². The minimum Gasteiger partial charge on any atom is -0.248 e. The fourth-order valence-corrected chi connectivity index (χ4v) is 5.79. The molecule has 1 aliphatic heterocycles. The zero-order valence-corrected chi connectivity index (χ0v) is 14.0. The Hall–Kier alpha value is -1.25. The van der Waals surface area contributed by atoms with Crippen molar-refractivity contribution in [2.75, 3.05) is 13.1 Å². The quantitative estimate of drug-likeness (QED) is 0.857. The number of aromatic nitrogens is 3. The Balaban J connectivity index is 1.51. The van der Waals surface area contributed by atoms with Crippen LogP contribution in [0.5, 0.6) is 0 Å². The van der Waals surface area contributed by atoms with Crippen molar-refractivity contribution in [3.63, 3.8) is 0 Å². The molecule has 22 heavy (non-hydrogen) atoms. The van der Waals surface area contributed by atoms with Crippen LogP contribution in [-0.4, -0.2) is 40.8 Å². The average Bonchev–Trinajstić information content (AvgIpc) is 2.95. The topological polar surface area (TPSA) is 68.1 Å². The van der Waals surface area contributed by atoms with Crippen molar-refractivity contribution in [1.82, 2.24) is 19.3 Å². The van der Waals surface area contributed by atoms with E-state index in [9.17, 15) is 8.42 Å². The summed E-state index contributed by atoms with van der Waals surface area (Å²) in [6, 6.07) is 3.64. The molecule has 118 valence electrons. The van der Waals surface area contributed by atoms with Crippen molar-refractivity contribution >= 4 is 21.4 Å². The van der Waals surface area contributed by atoms with E-state index in [2.05, 4.69) is 10.3 Å². The van der Waals surface area contributed by atoms with Crippen molar-refractivity contribution in [2.24, 2.45) is 0 Å². The molecule has 0 N–H and O–H groups in total. The minimum atomic E-state index is -3.37. The maximum absolute atomic E-state index is 12.6. The van der Waals surface area contributed by atoms with Gasteiger partial charge in [0, 0.05) is 30.1 Å². The van der Waals surface area contributed by atoms with Gasteiger partial charge in [-0.1, -0.05) is 5.21 Å². The van der Waals surface area contributed by atoms with Crippen LogP contribution in [0.3, 0.4) is 0 Å². The molecule has 1 saturated heterocycles. The molecule has 2 aromatic heterocycles. The molecule has 0 bridgehead atoms. The Morgan fingerprint density at radius 3 is 2.77 bits per heavy atom. The summed E-state index contributed by atoms with van der Waals surface area (Å²) in [5.41, 5.74) is 1.05. The van der Waals surface area contributed by atoms with Gasteiger partial charge in [0.25, 0.3) is 10.0 Å². The van der Waals surface area contributed by atoms with Crippen molar-refractivity contribution in [3.05, 3.63) is 28.9 Å². The van der Waals surface area contributed by atoms with E-state index < -0.39 is 10.0 Å². The van der Waals surface area contributed by atoms with Gasteiger partial charge in [0.15, 0.2) is 0 Å². The van der Waals surface area contributed by atoms with Crippen LogP contribution in [0, 0.1) is 6.92 Å². The lowest BCUT2D eigenvalue weighted by Gasteiger charge is -2.15. The summed E-state index contributed by atoms with van der Waals surface area (Å²) in [7, 11) is -3.37. The van der Waals surface area contributed by atoms with E-state index in [1.807, 2.05) is 23.9 Å². The van der Waals surface area contributed by atoms with Crippen molar-refractivity contribution < 1.29 is 8.42 Å². The van der Waals surface area contributed by atoms with Gasteiger partial charge in [-0.3, -0.25) is 0 Å². The Morgan fingerprint density at radius 1 is 1.27 bits per heavy atom. The first-order chi connectivity index (χ1) is 10.5. The predicted molar refractivity (Wildman–Crippen MR) is 83.5 cm³/mol. The van der Waals surface area contributed by atoms with E-state index in [1.165, 1.54) is 24.2 Å². The summed E-state index contributed by atoms with van der Waals surface area (Å²) in [4.78, 5) is 1.01. The van der Waals surface area contributed by atoms with Crippen LogP contribution >= 0.6 is 11.3 Å². The SMILES string of the molecule is Cc1ccc(S(=O)(=O)N2CCC(n3cc(C4CC4)nn3)C2)s1. The Morgan fingerprint density at radius 2 is 2.09 bits per heavy atom. The molecule has 1 saturated carbocycles. The molecule has 0 amide bonds. The maximum atomic E-state index is 12.6. The molecule has 6 nitrogen and oxygen atoms in total. The fourth-order valence-electron chi connectivity index (χ4n) is 2.86. The van der Waals surface area contributed by atoms with Crippen LogP contribution in [0.4, 0.5) is 0 Å². The minimum absolute atomic E-state index is 0.0934. The molecule has 8 heteroatoms. The van der Waals surface area contributed by atoms with Crippen molar-refractivity contribution in [1.29, 1.82) is 0 Å². The van der Waals surface area contributed by atoms with Crippen LogP contribution < -0.4 is 0 Å². The van der Waals surface area contributed by atoms with Crippen LogP contribution in [0.2, 0.25) is 0 Å². The number of aryl methyl sites for hydroxylation is 1. The molecule has 0 radical (unpaired) electrons. The number of nitrogens with zero attached hydrogens (tertiary/aromatic N) is 4. The Labute approximate surface area is 133 Å². The lowest BCUT2D eigenvalue weighted by molar-refractivity contribution is 0.429. The molecular formula is C14H18N4O2S2. The zero-order valence-electron chi connectivity index (χ0n) is 12.3. The smallest absolute Gasteiger partial charge is 0.248 e. The third kappa shape index (κ3) is 2.49. The van der Waals surface area contributed by atoms with Crippen LogP contribution in [0.1, 0.15) is 41.8 Å². The van der Waals surface area contributed by atoms with Crippen LogP contribution in [-0.2, 0) is 10.0 Å². The first-order valence-electron chi connectivity index (χ1n) is 7.52. The summed E-state index contributed by atoms with van der Waals surface area (Å²) in [5, 5.41) is 8.42. The van der Waals surface area contributed by atoms with Gasteiger partial charge >= 0.3 is 0 Å². The number of hydrogen-bond donors (Lipinski definition) is 0. The molecule has 0 aromatic carbocycles. The molecular weight excluding hydrogens is 320 g/mol. The van der Waals surface area contributed by atoms with Gasteiger partial charge in [-0.2, -0.15) is 4.31 Å². The van der Waals surface area contributed by atoms with Gasteiger partial charge < -0.3 is 0 Å². The second-order valence-electron chi connectivity index (χ2n) is 6.07. The van der Waals surface area contributed by atoms with Gasteiger partial charge in [0.05, 0.1) is 11.7 Å². The highest BCUT2D eigenvalue weighted by atomic mass is 32.2. The predicted octanol–water partition coefficient (Wildman–Crippen LogP) is 2.16. The number of hydrogen-bond acceptors (Lipinski definition) is 5. The summed E-state index contributed by atoms with van der Waals surface area (Å²) in [6.07, 6.45) is 5.17. The van der Waals surface area contributed by atoms with Gasteiger partial charge in [-0.15, -0.1) is 16.4 Å². The highest BCUT2D eigenvalue weighted by Gasteiger charge is 2.35. The standard InChI is InChI=1S/C14H18N4O2S2/c1-10-2-5-14(21-10)22(19,20)17-7-6-12(8-17)18-9-13(15-16-18)11-3-4-11/h2,5,9,11-12H,3-4,6-8H2,1H3. The lowest BCUT2D eigenvalue weighted by atomic mass is 10.2. The molecule has 3 heterocycles. The summed E-state index contributed by atoms with van der Waals surface area (Å²) in [6.45, 7) is 2.95. The lowest BCUT2D eigenvalue weighted by Crippen LogP contribution is -2.28. The first-order valence-corrected chi connectivity index (χ1v) is 9.78. The summed E-state index contributed by atoms with van der Waals surface area (Å²) < 4.78 is 29.1. The molecule has 4 rings (SSSR count). The van der Waals surface area contributed by atoms with E-state index in [1.54, 1.807) is 10.4 Å². The number of thiophene rings is 1. The van der Waals surface area contributed by atoms with E-state index in [4.69, 9.17) is 0 Å². The first kappa shape index (κ1) is 14.3. The van der Waals surface area contributed by atoms with E-state index in [0.717, 1.165) is 17.0 Å². The largest absolute Gasteiger partial charge is 0.252 e. The third-order valence-corrected chi connectivity index (χ3v) is 7.67. The molecule has 1 aliphatic carbocycles. The van der Waals surface area contributed by atoms with Crippen molar-refractivity contribution in [3.8, 4) is 0 Å². The van der Waals surface area contributed by atoms with E-state index >= 15 is 0 Å². The highest BCUT2D eigenvalue weighted by Crippen LogP contribution is 2.39. The van der Waals surface area contributed by atoms with Crippen LogP contribution in [0.25, 0.3) is 0 Å². The normalized spacial score (nSPS) is 23.2.